The van der Waals surface area contributed by atoms with Crippen molar-refractivity contribution < 1.29 is 4.74 Å². The first-order chi connectivity index (χ1) is 10.3. The largest absolute Gasteiger partial charge is 0.487 e. The highest BCUT2D eigenvalue weighted by Crippen LogP contribution is 2.26. The van der Waals surface area contributed by atoms with Crippen LogP contribution in [-0.2, 0) is 6.42 Å². The Balaban J connectivity index is 1.63. The maximum absolute atomic E-state index is 6.06. The maximum Gasteiger partial charge on any atom is 0.225 e. The fourth-order valence-electron chi connectivity index (χ4n) is 2.34. The van der Waals surface area contributed by atoms with E-state index in [1.54, 1.807) is 18.5 Å². The van der Waals surface area contributed by atoms with Gasteiger partial charge in [0.2, 0.25) is 5.95 Å². The van der Waals surface area contributed by atoms with Crippen molar-refractivity contribution in [3.05, 3.63) is 41.4 Å². The molecule has 0 spiro atoms. The van der Waals surface area contributed by atoms with Crippen molar-refractivity contribution in [1.82, 2.24) is 15.0 Å². The lowest BCUT2D eigenvalue weighted by atomic mass is 10.3. The van der Waals surface area contributed by atoms with Crippen LogP contribution < -0.4 is 9.64 Å². The maximum atomic E-state index is 6.06. The Morgan fingerprint density at radius 2 is 2.14 bits per heavy atom. The minimum atomic E-state index is 0.0966. The first-order valence-electron chi connectivity index (χ1n) is 7.08. The number of hydrogen-bond donors (Lipinski definition) is 0. The van der Waals surface area contributed by atoms with Gasteiger partial charge in [-0.25, -0.2) is 9.97 Å². The van der Waals surface area contributed by atoms with Gasteiger partial charge in [-0.05, 0) is 12.0 Å². The Hall–Kier alpha value is -1.88. The van der Waals surface area contributed by atoms with Crippen molar-refractivity contribution in [2.45, 2.75) is 25.9 Å². The van der Waals surface area contributed by atoms with Gasteiger partial charge in [-0.1, -0.05) is 18.5 Å². The molecule has 6 heteroatoms. The van der Waals surface area contributed by atoms with Crippen LogP contribution in [-0.4, -0.2) is 34.1 Å². The van der Waals surface area contributed by atoms with Crippen molar-refractivity contribution in [2.24, 2.45) is 0 Å². The summed E-state index contributed by atoms with van der Waals surface area (Å²) in [4.78, 5) is 14.9. The molecule has 3 heterocycles. The second-order valence-corrected chi connectivity index (χ2v) is 5.43. The van der Waals surface area contributed by atoms with E-state index in [2.05, 4.69) is 26.8 Å². The Labute approximate surface area is 129 Å². The van der Waals surface area contributed by atoms with Gasteiger partial charge < -0.3 is 9.64 Å². The molecule has 0 amide bonds. The molecule has 2 aromatic heterocycles. The molecule has 1 fully saturated rings. The molecule has 1 saturated heterocycles. The zero-order chi connectivity index (χ0) is 14.7. The third-order valence-corrected chi connectivity index (χ3v) is 3.84. The lowest BCUT2D eigenvalue weighted by Gasteiger charge is -2.17. The molecule has 0 saturated carbocycles. The van der Waals surface area contributed by atoms with Crippen molar-refractivity contribution in [3.8, 4) is 5.75 Å². The molecule has 1 aliphatic heterocycles. The van der Waals surface area contributed by atoms with E-state index in [0.717, 1.165) is 37.4 Å². The van der Waals surface area contributed by atoms with E-state index in [0.29, 0.717) is 10.8 Å². The van der Waals surface area contributed by atoms with E-state index in [1.165, 1.54) is 0 Å². The van der Waals surface area contributed by atoms with E-state index in [4.69, 9.17) is 16.3 Å². The molecule has 21 heavy (non-hydrogen) atoms. The number of ether oxygens (including phenoxy) is 1. The number of anilines is 1. The van der Waals surface area contributed by atoms with Crippen LogP contribution in [0.3, 0.4) is 0 Å². The van der Waals surface area contributed by atoms with Crippen LogP contribution in [0.5, 0.6) is 5.75 Å². The Kier molecular flexibility index (Phi) is 4.20. The van der Waals surface area contributed by atoms with Crippen LogP contribution in [0.1, 0.15) is 18.9 Å². The minimum absolute atomic E-state index is 0.0966. The molecule has 0 aromatic carbocycles. The third kappa shape index (κ3) is 3.24. The second kappa shape index (κ2) is 6.26. The summed E-state index contributed by atoms with van der Waals surface area (Å²) in [6.07, 6.45) is 9.02. The van der Waals surface area contributed by atoms with Crippen molar-refractivity contribution in [1.29, 1.82) is 0 Å². The number of halogens is 1. The number of aryl methyl sites for hydroxylation is 1. The number of hydrogen-bond acceptors (Lipinski definition) is 5. The van der Waals surface area contributed by atoms with Gasteiger partial charge in [-0.2, -0.15) is 0 Å². The highest BCUT2D eigenvalue weighted by molar-refractivity contribution is 6.31. The molecular weight excluding hydrogens is 288 g/mol. The normalized spacial score (nSPS) is 18.0. The Morgan fingerprint density at radius 1 is 1.33 bits per heavy atom. The zero-order valence-electron chi connectivity index (χ0n) is 11.9. The molecule has 0 bridgehead atoms. The quantitative estimate of drug-likeness (QED) is 0.869. The van der Waals surface area contributed by atoms with Gasteiger partial charge in [0.1, 0.15) is 16.9 Å². The summed E-state index contributed by atoms with van der Waals surface area (Å²) in [5, 5.41) is 0.541. The molecule has 110 valence electrons. The average molecular weight is 305 g/mol. The van der Waals surface area contributed by atoms with Crippen LogP contribution >= 0.6 is 11.6 Å². The fraction of sp³-hybridized carbons (Fsp3) is 0.400. The molecule has 0 aliphatic carbocycles. The van der Waals surface area contributed by atoms with Crippen molar-refractivity contribution in [3.63, 3.8) is 0 Å². The van der Waals surface area contributed by atoms with Crippen molar-refractivity contribution in [2.75, 3.05) is 18.0 Å². The van der Waals surface area contributed by atoms with E-state index in [1.807, 2.05) is 12.4 Å². The Bertz CT molecular complexity index is 605. The Morgan fingerprint density at radius 3 is 2.86 bits per heavy atom. The van der Waals surface area contributed by atoms with Crippen molar-refractivity contribution >= 4 is 17.5 Å². The highest BCUT2D eigenvalue weighted by atomic mass is 35.5. The zero-order valence-corrected chi connectivity index (χ0v) is 12.6. The standard InChI is InChI=1S/C15H17ClN4O/c1-2-11-7-18-15(19-8-11)20-6-4-12(10-20)21-14-3-5-17-9-13(14)16/h3,5,7-9,12H,2,4,6,10H2,1H3. The van der Waals surface area contributed by atoms with Crippen LogP contribution in [0.15, 0.2) is 30.9 Å². The van der Waals surface area contributed by atoms with Crippen LogP contribution in [0.25, 0.3) is 0 Å². The van der Waals surface area contributed by atoms with Gasteiger partial charge in [-0.3, -0.25) is 4.98 Å². The molecular formula is C15H17ClN4O. The predicted molar refractivity (Wildman–Crippen MR) is 81.9 cm³/mol. The minimum Gasteiger partial charge on any atom is -0.487 e. The molecule has 0 N–H and O–H groups in total. The summed E-state index contributed by atoms with van der Waals surface area (Å²) in [7, 11) is 0. The average Bonchev–Trinajstić information content (AvgIpc) is 2.98. The summed E-state index contributed by atoms with van der Waals surface area (Å²) in [6, 6.07) is 1.79. The lowest BCUT2D eigenvalue weighted by Crippen LogP contribution is -2.26. The van der Waals surface area contributed by atoms with Gasteiger partial charge in [0.15, 0.2) is 0 Å². The summed E-state index contributed by atoms with van der Waals surface area (Å²) in [5.41, 5.74) is 1.15. The molecule has 1 atom stereocenters. The van der Waals surface area contributed by atoms with Gasteiger partial charge >= 0.3 is 0 Å². The molecule has 5 nitrogen and oxygen atoms in total. The smallest absolute Gasteiger partial charge is 0.225 e. The van der Waals surface area contributed by atoms with Gasteiger partial charge in [0.25, 0.3) is 0 Å². The number of rotatable bonds is 4. The van der Waals surface area contributed by atoms with Crippen LogP contribution in [0.4, 0.5) is 5.95 Å². The van der Waals surface area contributed by atoms with E-state index in [-0.39, 0.29) is 6.10 Å². The van der Waals surface area contributed by atoms with Crippen LogP contribution in [0, 0.1) is 0 Å². The predicted octanol–water partition coefficient (Wildman–Crippen LogP) is 2.75. The van der Waals surface area contributed by atoms with E-state index in [9.17, 15) is 0 Å². The third-order valence-electron chi connectivity index (χ3n) is 3.56. The van der Waals surface area contributed by atoms with Gasteiger partial charge in [0, 0.05) is 43.8 Å². The number of aromatic nitrogens is 3. The topological polar surface area (TPSA) is 51.1 Å². The van der Waals surface area contributed by atoms with E-state index >= 15 is 0 Å². The van der Waals surface area contributed by atoms with Gasteiger partial charge in [-0.15, -0.1) is 0 Å². The first-order valence-corrected chi connectivity index (χ1v) is 7.46. The van der Waals surface area contributed by atoms with Gasteiger partial charge in [0.05, 0.1) is 6.54 Å². The summed E-state index contributed by atoms with van der Waals surface area (Å²) >= 11 is 6.06. The number of pyridine rings is 1. The first kappa shape index (κ1) is 14.1. The van der Waals surface area contributed by atoms with Crippen LogP contribution in [0.2, 0.25) is 5.02 Å². The molecule has 2 aromatic rings. The summed E-state index contributed by atoms with van der Waals surface area (Å²) in [5.74, 6) is 1.44. The second-order valence-electron chi connectivity index (χ2n) is 5.03. The fourth-order valence-corrected chi connectivity index (χ4v) is 2.50. The highest BCUT2D eigenvalue weighted by Gasteiger charge is 2.26. The SMILES string of the molecule is CCc1cnc(N2CCC(Oc3ccncc3Cl)C2)nc1. The molecule has 1 aliphatic rings. The van der Waals surface area contributed by atoms with E-state index < -0.39 is 0 Å². The number of nitrogens with zero attached hydrogens (tertiary/aromatic N) is 4. The summed E-state index contributed by atoms with van der Waals surface area (Å²) < 4.78 is 5.93. The molecule has 0 radical (unpaired) electrons. The monoisotopic (exact) mass is 304 g/mol. The lowest BCUT2D eigenvalue weighted by molar-refractivity contribution is 0.225. The molecule has 1 unspecified atom stereocenters. The summed E-state index contributed by atoms with van der Waals surface area (Å²) in [6.45, 7) is 3.75. The molecule has 3 rings (SSSR count).